The van der Waals surface area contributed by atoms with Crippen LogP contribution in [0.3, 0.4) is 0 Å². The first-order chi connectivity index (χ1) is 10.5. The summed E-state index contributed by atoms with van der Waals surface area (Å²) in [4.78, 5) is 13.2. The highest BCUT2D eigenvalue weighted by Gasteiger charge is 2.14. The van der Waals surface area contributed by atoms with Crippen LogP contribution < -0.4 is 5.32 Å². The van der Waals surface area contributed by atoms with E-state index in [1.165, 1.54) is 4.88 Å². The smallest absolute Gasteiger partial charge is 0.222 e. The molecule has 2 atom stereocenters. The molecule has 0 aliphatic rings. The number of carbonyl (C=O) groups is 1. The van der Waals surface area contributed by atoms with Crippen molar-refractivity contribution in [2.75, 3.05) is 6.54 Å². The lowest BCUT2D eigenvalue weighted by Gasteiger charge is -2.14. The molecule has 1 amide bonds. The van der Waals surface area contributed by atoms with Gasteiger partial charge >= 0.3 is 0 Å². The highest BCUT2D eigenvalue weighted by molar-refractivity contribution is 7.09. The molecule has 0 fully saturated rings. The molecule has 1 aromatic carbocycles. The maximum Gasteiger partial charge on any atom is 0.222 e. The van der Waals surface area contributed by atoms with Crippen LogP contribution in [0.4, 0.5) is 0 Å². The number of benzene rings is 1. The normalized spacial score (nSPS) is 13.6. The first-order valence-corrected chi connectivity index (χ1v) is 8.53. The number of amides is 1. The maximum absolute atomic E-state index is 11.9. The molecular weight excluding hydrogens is 318 g/mol. The van der Waals surface area contributed by atoms with Crippen LogP contribution >= 0.6 is 22.9 Å². The van der Waals surface area contributed by atoms with Gasteiger partial charge in [0, 0.05) is 16.4 Å². The van der Waals surface area contributed by atoms with E-state index in [1.807, 2.05) is 6.07 Å². The molecule has 1 heterocycles. The highest BCUT2D eigenvalue weighted by Crippen LogP contribution is 2.19. The van der Waals surface area contributed by atoms with Crippen molar-refractivity contribution in [3.63, 3.8) is 0 Å². The fourth-order valence-electron chi connectivity index (χ4n) is 2.18. The summed E-state index contributed by atoms with van der Waals surface area (Å²) in [5.41, 5.74) is 0.700. The van der Waals surface area contributed by atoms with Crippen molar-refractivity contribution >= 4 is 28.8 Å². The Balaban J connectivity index is 1.74. The predicted octanol–water partition coefficient (Wildman–Crippen LogP) is 3.82. The third kappa shape index (κ3) is 5.44. The van der Waals surface area contributed by atoms with Crippen LogP contribution in [-0.2, 0) is 11.2 Å². The van der Waals surface area contributed by atoms with Crippen molar-refractivity contribution in [1.29, 1.82) is 0 Å². The van der Waals surface area contributed by atoms with Crippen molar-refractivity contribution in [3.05, 3.63) is 57.2 Å². The largest absolute Gasteiger partial charge is 0.388 e. The molecule has 3 nitrogen and oxygen atoms in total. The van der Waals surface area contributed by atoms with Crippen molar-refractivity contribution in [2.45, 2.75) is 25.9 Å². The van der Waals surface area contributed by atoms with Gasteiger partial charge in [0.2, 0.25) is 5.91 Å². The van der Waals surface area contributed by atoms with E-state index in [9.17, 15) is 9.90 Å². The lowest BCUT2D eigenvalue weighted by molar-refractivity contribution is -0.123. The fraction of sp³-hybridized carbons (Fsp3) is 0.353. The van der Waals surface area contributed by atoms with Crippen LogP contribution in [0.2, 0.25) is 5.02 Å². The minimum atomic E-state index is -0.801. The first-order valence-electron chi connectivity index (χ1n) is 7.27. The molecule has 1 aromatic heterocycles. The summed E-state index contributed by atoms with van der Waals surface area (Å²) in [6.45, 7) is 2.72. The van der Waals surface area contributed by atoms with Gasteiger partial charge < -0.3 is 10.4 Å². The molecule has 0 bridgehead atoms. The molecule has 2 N–H and O–H groups in total. The second-order valence-corrected chi connectivity index (χ2v) is 6.93. The van der Waals surface area contributed by atoms with E-state index in [2.05, 4.69) is 23.7 Å². The number of hydrogen-bond donors (Lipinski definition) is 2. The van der Waals surface area contributed by atoms with E-state index in [-0.39, 0.29) is 12.3 Å². The fourth-order valence-corrected chi connectivity index (χ4v) is 3.18. The van der Waals surface area contributed by atoms with Crippen molar-refractivity contribution < 1.29 is 9.90 Å². The van der Waals surface area contributed by atoms with Crippen LogP contribution in [-0.4, -0.2) is 17.6 Å². The van der Waals surface area contributed by atoms with E-state index in [0.29, 0.717) is 23.0 Å². The number of aliphatic hydroxyl groups is 1. The Morgan fingerprint density at radius 1 is 1.32 bits per heavy atom. The summed E-state index contributed by atoms with van der Waals surface area (Å²) in [5, 5.41) is 15.6. The van der Waals surface area contributed by atoms with Gasteiger partial charge in [-0.2, -0.15) is 0 Å². The molecule has 2 unspecified atom stereocenters. The maximum atomic E-state index is 11.9. The minimum Gasteiger partial charge on any atom is -0.388 e. The summed E-state index contributed by atoms with van der Waals surface area (Å²) in [5.74, 6) is 0.232. The number of carbonyl (C=O) groups excluding carboxylic acids is 1. The lowest BCUT2D eigenvalue weighted by Crippen LogP contribution is -2.30. The van der Waals surface area contributed by atoms with Gasteiger partial charge in [0.1, 0.15) is 0 Å². The molecule has 0 spiro atoms. The quantitative estimate of drug-likeness (QED) is 0.807. The van der Waals surface area contributed by atoms with Crippen LogP contribution in [0.15, 0.2) is 41.8 Å². The van der Waals surface area contributed by atoms with Crippen molar-refractivity contribution in [3.8, 4) is 0 Å². The molecule has 2 rings (SSSR count). The SMILES string of the molecule is CC(CNC(=O)CC(O)c1ccc(Cl)cc1)Cc1cccs1. The molecule has 0 radical (unpaired) electrons. The Kier molecular flexibility index (Phi) is 6.43. The molecule has 0 saturated heterocycles. The van der Waals surface area contributed by atoms with Gasteiger partial charge in [-0.3, -0.25) is 4.79 Å². The minimum absolute atomic E-state index is 0.0629. The van der Waals surface area contributed by atoms with Crippen LogP contribution in [0.1, 0.15) is 29.9 Å². The Morgan fingerprint density at radius 2 is 2.05 bits per heavy atom. The lowest BCUT2D eigenvalue weighted by atomic mass is 10.1. The zero-order valence-electron chi connectivity index (χ0n) is 12.5. The Hall–Kier alpha value is -1.36. The van der Waals surface area contributed by atoms with Gasteiger partial charge in [-0.15, -0.1) is 11.3 Å². The second-order valence-electron chi connectivity index (χ2n) is 5.46. The van der Waals surface area contributed by atoms with Gasteiger partial charge in [-0.25, -0.2) is 0 Å². The molecule has 0 aliphatic carbocycles. The third-order valence-electron chi connectivity index (χ3n) is 3.41. The van der Waals surface area contributed by atoms with E-state index >= 15 is 0 Å². The van der Waals surface area contributed by atoms with Gasteiger partial charge in [-0.05, 0) is 41.5 Å². The number of hydrogen-bond acceptors (Lipinski definition) is 3. The Morgan fingerprint density at radius 3 is 2.68 bits per heavy atom. The third-order valence-corrected chi connectivity index (χ3v) is 4.56. The number of nitrogens with one attached hydrogen (secondary N) is 1. The van der Waals surface area contributed by atoms with E-state index in [4.69, 9.17) is 11.6 Å². The molecule has 0 saturated carbocycles. The predicted molar refractivity (Wildman–Crippen MR) is 91.2 cm³/mol. The Labute approximate surface area is 139 Å². The standard InChI is InChI=1S/C17H20ClNO2S/c1-12(9-15-3-2-8-22-15)11-19-17(21)10-16(20)13-4-6-14(18)7-5-13/h2-8,12,16,20H,9-11H2,1H3,(H,19,21). The summed E-state index contributed by atoms with van der Waals surface area (Å²) in [7, 11) is 0. The van der Waals surface area contributed by atoms with Gasteiger partial charge in [0.25, 0.3) is 0 Å². The monoisotopic (exact) mass is 337 g/mol. The number of aliphatic hydroxyl groups excluding tert-OH is 1. The summed E-state index contributed by atoms with van der Waals surface area (Å²) in [6.07, 6.45) is 0.218. The van der Waals surface area contributed by atoms with Gasteiger partial charge in [0.15, 0.2) is 0 Å². The summed E-state index contributed by atoms with van der Waals surface area (Å²) >= 11 is 7.54. The van der Waals surface area contributed by atoms with Crippen LogP contribution in [0, 0.1) is 5.92 Å². The molecule has 2 aromatic rings. The zero-order chi connectivity index (χ0) is 15.9. The number of halogens is 1. The van der Waals surface area contributed by atoms with Gasteiger partial charge in [0.05, 0.1) is 12.5 Å². The van der Waals surface area contributed by atoms with E-state index in [1.54, 1.807) is 35.6 Å². The first kappa shape index (κ1) is 17.0. The van der Waals surface area contributed by atoms with E-state index < -0.39 is 6.10 Å². The summed E-state index contributed by atoms with van der Waals surface area (Å²) < 4.78 is 0. The molecule has 5 heteroatoms. The number of thiophene rings is 1. The molecule has 22 heavy (non-hydrogen) atoms. The molecule has 0 aliphatic heterocycles. The average Bonchev–Trinajstić information content (AvgIpc) is 2.98. The Bertz CT molecular complexity index is 583. The number of rotatable bonds is 7. The zero-order valence-corrected chi connectivity index (χ0v) is 14.0. The molecule has 118 valence electrons. The summed E-state index contributed by atoms with van der Waals surface area (Å²) in [6, 6.07) is 11.0. The average molecular weight is 338 g/mol. The molecular formula is C17H20ClNO2S. The highest BCUT2D eigenvalue weighted by atomic mass is 35.5. The van der Waals surface area contributed by atoms with Crippen LogP contribution in [0.5, 0.6) is 0 Å². The topological polar surface area (TPSA) is 49.3 Å². The van der Waals surface area contributed by atoms with E-state index in [0.717, 1.165) is 6.42 Å². The second kappa shape index (κ2) is 8.32. The van der Waals surface area contributed by atoms with Crippen molar-refractivity contribution in [1.82, 2.24) is 5.32 Å². The van der Waals surface area contributed by atoms with Crippen LogP contribution in [0.25, 0.3) is 0 Å². The van der Waals surface area contributed by atoms with Gasteiger partial charge in [-0.1, -0.05) is 36.7 Å². The van der Waals surface area contributed by atoms with Crippen molar-refractivity contribution in [2.24, 2.45) is 5.92 Å².